The van der Waals surface area contributed by atoms with Crippen LogP contribution in [0.15, 0.2) is 41.8 Å². The second-order valence-corrected chi connectivity index (χ2v) is 4.85. The number of anilines is 1. The fourth-order valence-electron chi connectivity index (χ4n) is 1.64. The molecular weight excluding hydrogens is 260 g/mol. The summed E-state index contributed by atoms with van der Waals surface area (Å²) in [5.74, 6) is 6.49. The molecule has 96 valence electrons. The maximum atomic E-state index is 5.24. The zero-order chi connectivity index (χ0) is 13.1. The monoisotopic (exact) mass is 272 g/mol. The molecule has 2 heterocycles. The summed E-state index contributed by atoms with van der Waals surface area (Å²) in [5, 5.41) is 0.879. The number of para-hydroxylation sites is 2. The van der Waals surface area contributed by atoms with Crippen LogP contribution in [0.25, 0.3) is 11.0 Å². The molecule has 0 aliphatic rings. The molecule has 0 unspecified atom stereocenters. The summed E-state index contributed by atoms with van der Waals surface area (Å²) in [7, 11) is 0. The Bertz CT molecular complexity index is 645. The van der Waals surface area contributed by atoms with Crippen molar-refractivity contribution in [2.45, 2.75) is 10.9 Å². The molecule has 3 rings (SSSR count). The maximum Gasteiger partial charge on any atom is 0.166 e. The number of H-pyrrole nitrogens is 1. The van der Waals surface area contributed by atoms with Gasteiger partial charge in [0.05, 0.1) is 29.1 Å². The summed E-state index contributed by atoms with van der Waals surface area (Å²) in [6.45, 7) is 0. The SMILES string of the molecule is NNc1cnc(CSc2nc3ccccc3[nH]2)cn1. The summed E-state index contributed by atoms with van der Waals surface area (Å²) >= 11 is 1.59. The Hall–Kier alpha value is -2.12. The zero-order valence-electron chi connectivity index (χ0n) is 10.00. The van der Waals surface area contributed by atoms with Crippen LogP contribution in [0.4, 0.5) is 5.82 Å². The number of hydrogen-bond donors (Lipinski definition) is 3. The molecule has 4 N–H and O–H groups in total. The Morgan fingerprint density at radius 2 is 2.11 bits per heavy atom. The minimum Gasteiger partial charge on any atom is -0.333 e. The van der Waals surface area contributed by atoms with Crippen molar-refractivity contribution < 1.29 is 0 Å². The predicted molar refractivity (Wildman–Crippen MR) is 75.5 cm³/mol. The molecule has 3 aromatic rings. The molecule has 0 amide bonds. The standard InChI is InChI=1S/C12H12N6S/c13-18-11-6-14-8(5-15-11)7-19-12-16-9-3-1-2-4-10(9)17-12/h1-6H,7,13H2,(H,15,18)(H,16,17). The minimum atomic E-state index is 0.553. The van der Waals surface area contributed by atoms with E-state index in [1.807, 2.05) is 24.3 Å². The van der Waals surface area contributed by atoms with Gasteiger partial charge in [-0.3, -0.25) is 4.98 Å². The van der Waals surface area contributed by atoms with Crippen molar-refractivity contribution in [3.05, 3.63) is 42.4 Å². The van der Waals surface area contributed by atoms with E-state index in [-0.39, 0.29) is 0 Å². The van der Waals surface area contributed by atoms with E-state index in [0.29, 0.717) is 11.6 Å². The Kier molecular flexibility index (Phi) is 3.30. The normalized spacial score (nSPS) is 10.8. The average molecular weight is 272 g/mol. The fourth-order valence-corrected chi connectivity index (χ4v) is 2.42. The number of rotatable bonds is 4. The van der Waals surface area contributed by atoms with Gasteiger partial charge in [0, 0.05) is 5.75 Å². The number of fused-ring (bicyclic) bond motifs is 1. The van der Waals surface area contributed by atoms with E-state index >= 15 is 0 Å². The number of imidazole rings is 1. The first-order chi connectivity index (χ1) is 9.35. The smallest absolute Gasteiger partial charge is 0.166 e. The quantitative estimate of drug-likeness (QED) is 0.382. The molecule has 0 spiro atoms. The number of hydrazine groups is 1. The molecular formula is C12H12N6S. The van der Waals surface area contributed by atoms with Gasteiger partial charge in [-0.1, -0.05) is 23.9 Å². The van der Waals surface area contributed by atoms with Crippen LogP contribution in [0.1, 0.15) is 5.69 Å². The van der Waals surface area contributed by atoms with Crippen molar-refractivity contribution in [2.75, 3.05) is 5.43 Å². The van der Waals surface area contributed by atoms with E-state index in [9.17, 15) is 0 Å². The van der Waals surface area contributed by atoms with Crippen LogP contribution < -0.4 is 11.3 Å². The predicted octanol–water partition coefficient (Wildman–Crippen LogP) is 1.93. The molecule has 6 nitrogen and oxygen atoms in total. The highest BCUT2D eigenvalue weighted by Crippen LogP contribution is 2.22. The maximum absolute atomic E-state index is 5.24. The number of aromatic nitrogens is 4. The number of hydrogen-bond acceptors (Lipinski definition) is 6. The highest BCUT2D eigenvalue weighted by atomic mass is 32.2. The van der Waals surface area contributed by atoms with Gasteiger partial charge in [-0.25, -0.2) is 15.8 Å². The second-order valence-electron chi connectivity index (χ2n) is 3.89. The van der Waals surface area contributed by atoms with Gasteiger partial charge in [0.25, 0.3) is 0 Å². The first-order valence-corrected chi connectivity index (χ1v) is 6.69. The van der Waals surface area contributed by atoms with E-state index in [4.69, 9.17) is 5.84 Å². The second kappa shape index (κ2) is 5.25. The van der Waals surface area contributed by atoms with E-state index in [1.165, 1.54) is 0 Å². The Morgan fingerprint density at radius 3 is 2.84 bits per heavy atom. The summed E-state index contributed by atoms with van der Waals surface area (Å²) in [6, 6.07) is 7.95. The number of nitrogens with two attached hydrogens (primary N) is 1. The molecule has 19 heavy (non-hydrogen) atoms. The van der Waals surface area contributed by atoms with E-state index in [2.05, 4.69) is 25.4 Å². The van der Waals surface area contributed by atoms with Gasteiger partial charge in [-0.05, 0) is 12.1 Å². The number of aromatic amines is 1. The largest absolute Gasteiger partial charge is 0.333 e. The van der Waals surface area contributed by atoms with Gasteiger partial charge < -0.3 is 10.4 Å². The molecule has 0 fully saturated rings. The van der Waals surface area contributed by atoms with Crippen LogP contribution in [0.3, 0.4) is 0 Å². The summed E-state index contributed by atoms with van der Waals surface area (Å²) < 4.78 is 0. The van der Waals surface area contributed by atoms with Crippen molar-refractivity contribution in [3.8, 4) is 0 Å². The van der Waals surface area contributed by atoms with Crippen LogP contribution in [0, 0.1) is 0 Å². The highest BCUT2D eigenvalue weighted by Gasteiger charge is 2.04. The Balaban J connectivity index is 1.70. The molecule has 0 saturated heterocycles. The van der Waals surface area contributed by atoms with Gasteiger partial charge in [0.2, 0.25) is 0 Å². The zero-order valence-corrected chi connectivity index (χ0v) is 10.8. The molecule has 1 aromatic carbocycles. The van der Waals surface area contributed by atoms with Gasteiger partial charge in [0.1, 0.15) is 0 Å². The van der Waals surface area contributed by atoms with Crippen LogP contribution in [0.2, 0.25) is 0 Å². The number of nitrogens with zero attached hydrogens (tertiary/aromatic N) is 3. The molecule has 2 aromatic heterocycles. The third kappa shape index (κ3) is 2.67. The lowest BCUT2D eigenvalue weighted by atomic mass is 10.3. The minimum absolute atomic E-state index is 0.553. The van der Waals surface area contributed by atoms with Gasteiger partial charge in [-0.2, -0.15) is 0 Å². The Morgan fingerprint density at radius 1 is 1.21 bits per heavy atom. The molecule has 0 aliphatic carbocycles. The molecule has 0 atom stereocenters. The van der Waals surface area contributed by atoms with Crippen LogP contribution in [-0.4, -0.2) is 19.9 Å². The van der Waals surface area contributed by atoms with Crippen molar-refractivity contribution in [2.24, 2.45) is 5.84 Å². The summed E-state index contributed by atoms with van der Waals surface area (Å²) in [5.41, 5.74) is 5.34. The van der Waals surface area contributed by atoms with Gasteiger partial charge >= 0.3 is 0 Å². The summed E-state index contributed by atoms with van der Waals surface area (Å²) in [6.07, 6.45) is 3.30. The van der Waals surface area contributed by atoms with Crippen molar-refractivity contribution in [1.29, 1.82) is 0 Å². The van der Waals surface area contributed by atoms with Crippen LogP contribution in [-0.2, 0) is 5.75 Å². The topological polar surface area (TPSA) is 92.5 Å². The number of benzene rings is 1. The summed E-state index contributed by atoms with van der Waals surface area (Å²) in [4.78, 5) is 16.1. The van der Waals surface area contributed by atoms with Crippen molar-refractivity contribution in [1.82, 2.24) is 19.9 Å². The molecule has 0 radical (unpaired) electrons. The van der Waals surface area contributed by atoms with Crippen molar-refractivity contribution in [3.63, 3.8) is 0 Å². The third-order valence-corrected chi connectivity index (χ3v) is 3.48. The molecule has 0 bridgehead atoms. The van der Waals surface area contributed by atoms with E-state index in [0.717, 1.165) is 21.9 Å². The van der Waals surface area contributed by atoms with Gasteiger partial charge in [-0.15, -0.1) is 0 Å². The highest BCUT2D eigenvalue weighted by molar-refractivity contribution is 7.98. The molecule has 0 aliphatic heterocycles. The lowest BCUT2D eigenvalue weighted by molar-refractivity contribution is 1.05. The lowest BCUT2D eigenvalue weighted by Crippen LogP contribution is -2.08. The first kappa shape index (κ1) is 11.9. The van der Waals surface area contributed by atoms with Crippen LogP contribution in [0.5, 0.6) is 0 Å². The third-order valence-electron chi connectivity index (χ3n) is 2.58. The lowest BCUT2D eigenvalue weighted by Gasteiger charge is -2.00. The van der Waals surface area contributed by atoms with Gasteiger partial charge in [0.15, 0.2) is 11.0 Å². The number of thioether (sulfide) groups is 1. The number of nitrogen functional groups attached to an aromatic ring is 1. The first-order valence-electron chi connectivity index (χ1n) is 5.70. The Labute approximate surface area is 113 Å². The molecule has 0 saturated carbocycles. The number of nitrogens with one attached hydrogen (secondary N) is 2. The van der Waals surface area contributed by atoms with Crippen molar-refractivity contribution >= 4 is 28.6 Å². The van der Waals surface area contributed by atoms with Crippen LogP contribution >= 0.6 is 11.8 Å². The average Bonchev–Trinajstić information content (AvgIpc) is 2.88. The fraction of sp³-hybridized carbons (Fsp3) is 0.0833. The van der Waals surface area contributed by atoms with E-state index in [1.54, 1.807) is 24.2 Å². The molecule has 7 heteroatoms. The van der Waals surface area contributed by atoms with E-state index < -0.39 is 0 Å².